The second-order valence-electron chi connectivity index (χ2n) is 13.1. The Morgan fingerprint density at radius 3 is 2.44 bits per heavy atom. The maximum Gasteiger partial charge on any atom is 0.410 e. The summed E-state index contributed by atoms with van der Waals surface area (Å²) in [5, 5.41) is 20.0. The zero-order chi connectivity index (χ0) is 33.1. The van der Waals surface area contributed by atoms with Gasteiger partial charge in [0.2, 0.25) is 11.6 Å². The van der Waals surface area contributed by atoms with Crippen molar-refractivity contribution in [3.05, 3.63) is 36.0 Å². The highest BCUT2D eigenvalue weighted by atomic mass is 16.6. The normalized spacial score (nSPS) is 31.0. The Labute approximate surface area is 267 Å². The van der Waals surface area contributed by atoms with Crippen molar-refractivity contribution in [1.82, 2.24) is 14.7 Å². The van der Waals surface area contributed by atoms with E-state index in [1.807, 2.05) is 46.0 Å². The SMILES string of the molecule is C/C(=C\C=C\[C@@H](C)COC(=O)N1CCC[C@@H]1CO)[C@H]1C(=O)C(=O)C[C@@H](O)CC[C@@H](C)[C@@H](OC(=O)N2CCN(C)CC2)/C=C/[C@@H]1C. The Bertz CT molecular complexity index is 1110. The van der Waals surface area contributed by atoms with Crippen LogP contribution >= 0.6 is 0 Å². The fraction of sp³-hybridized carbons (Fsp3) is 0.706. The molecule has 0 spiro atoms. The second kappa shape index (κ2) is 17.6. The number of hydrogen-bond acceptors (Lipinski definition) is 9. The molecule has 2 aliphatic heterocycles. The van der Waals surface area contributed by atoms with Gasteiger partial charge in [-0.05, 0) is 57.6 Å². The molecular formula is C34H53N3O8. The van der Waals surface area contributed by atoms with E-state index in [1.54, 1.807) is 28.9 Å². The monoisotopic (exact) mass is 631 g/mol. The summed E-state index contributed by atoms with van der Waals surface area (Å²) in [6.07, 6.45) is 9.03. The molecule has 2 heterocycles. The highest BCUT2D eigenvalue weighted by Crippen LogP contribution is 2.28. The van der Waals surface area contributed by atoms with Crippen LogP contribution in [0.25, 0.3) is 0 Å². The molecule has 45 heavy (non-hydrogen) atoms. The van der Waals surface area contributed by atoms with E-state index in [1.165, 1.54) is 0 Å². The molecule has 2 saturated heterocycles. The van der Waals surface area contributed by atoms with Crippen LogP contribution in [-0.4, -0.2) is 120 Å². The minimum absolute atomic E-state index is 0.0783. The number of allylic oxidation sites excluding steroid dienone is 4. The zero-order valence-corrected chi connectivity index (χ0v) is 27.6. The van der Waals surface area contributed by atoms with E-state index in [-0.39, 0.29) is 49.5 Å². The highest BCUT2D eigenvalue weighted by Gasteiger charge is 2.33. The van der Waals surface area contributed by atoms with E-state index in [2.05, 4.69) is 4.90 Å². The summed E-state index contributed by atoms with van der Waals surface area (Å²) in [4.78, 5) is 57.2. The Balaban J connectivity index is 1.71. The molecular weight excluding hydrogens is 578 g/mol. The Kier molecular flexibility index (Phi) is 14.3. The average Bonchev–Trinajstić information content (AvgIpc) is 3.49. The van der Waals surface area contributed by atoms with Gasteiger partial charge in [0, 0.05) is 45.1 Å². The van der Waals surface area contributed by atoms with Gasteiger partial charge in [0.1, 0.15) is 6.10 Å². The topological polar surface area (TPSA) is 137 Å². The van der Waals surface area contributed by atoms with E-state index < -0.39 is 35.8 Å². The summed E-state index contributed by atoms with van der Waals surface area (Å²) in [5.41, 5.74) is 0.680. The quantitative estimate of drug-likeness (QED) is 0.245. The van der Waals surface area contributed by atoms with Crippen LogP contribution in [0.5, 0.6) is 0 Å². The Morgan fingerprint density at radius 2 is 1.76 bits per heavy atom. The van der Waals surface area contributed by atoms with Gasteiger partial charge in [-0.1, -0.05) is 50.6 Å². The van der Waals surface area contributed by atoms with Gasteiger partial charge in [0.15, 0.2) is 0 Å². The van der Waals surface area contributed by atoms with Gasteiger partial charge in [-0.25, -0.2) is 9.59 Å². The van der Waals surface area contributed by atoms with E-state index in [0.29, 0.717) is 38.0 Å². The average molecular weight is 632 g/mol. The number of aliphatic hydroxyl groups excluding tert-OH is 2. The van der Waals surface area contributed by atoms with Crippen LogP contribution in [0.2, 0.25) is 0 Å². The van der Waals surface area contributed by atoms with Crippen molar-refractivity contribution in [2.24, 2.45) is 23.7 Å². The largest absolute Gasteiger partial charge is 0.449 e. The Morgan fingerprint density at radius 1 is 1.04 bits per heavy atom. The number of ketones is 2. The summed E-state index contributed by atoms with van der Waals surface area (Å²) in [6, 6.07) is -0.195. The van der Waals surface area contributed by atoms with Crippen molar-refractivity contribution in [3.8, 4) is 0 Å². The fourth-order valence-corrected chi connectivity index (χ4v) is 6.10. The van der Waals surface area contributed by atoms with Crippen molar-refractivity contribution < 1.29 is 38.9 Å². The summed E-state index contributed by atoms with van der Waals surface area (Å²) in [5.74, 6) is -2.49. The lowest BCUT2D eigenvalue weighted by molar-refractivity contribution is -0.140. The molecule has 0 aromatic carbocycles. The van der Waals surface area contributed by atoms with Gasteiger partial charge in [-0.3, -0.25) is 9.59 Å². The lowest BCUT2D eigenvalue weighted by Gasteiger charge is -2.33. The maximum absolute atomic E-state index is 13.4. The minimum atomic E-state index is -0.960. The van der Waals surface area contributed by atoms with Crippen LogP contribution in [0.4, 0.5) is 9.59 Å². The van der Waals surface area contributed by atoms with Gasteiger partial charge in [0.25, 0.3) is 0 Å². The number of carbonyl (C=O) groups is 4. The van der Waals surface area contributed by atoms with Crippen LogP contribution in [0.3, 0.4) is 0 Å². The van der Waals surface area contributed by atoms with Crippen LogP contribution in [-0.2, 0) is 19.1 Å². The van der Waals surface area contributed by atoms with E-state index in [4.69, 9.17) is 9.47 Å². The number of nitrogens with zero attached hydrogens (tertiary/aromatic N) is 3. The first-order chi connectivity index (χ1) is 21.4. The first-order valence-corrected chi connectivity index (χ1v) is 16.4. The van der Waals surface area contributed by atoms with Crippen LogP contribution in [0, 0.1) is 23.7 Å². The zero-order valence-electron chi connectivity index (χ0n) is 27.6. The van der Waals surface area contributed by atoms with E-state index in [9.17, 15) is 29.4 Å². The maximum atomic E-state index is 13.4. The van der Waals surface area contributed by atoms with Crippen LogP contribution < -0.4 is 0 Å². The molecule has 1 aliphatic carbocycles. The number of ether oxygens (including phenoxy) is 2. The number of carbonyl (C=O) groups excluding carboxylic acids is 4. The second-order valence-corrected chi connectivity index (χ2v) is 13.1. The van der Waals surface area contributed by atoms with E-state index >= 15 is 0 Å². The molecule has 252 valence electrons. The van der Waals surface area contributed by atoms with Crippen molar-refractivity contribution in [2.75, 3.05) is 53.0 Å². The molecule has 2 N–H and O–H groups in total. The fourth-order valence-electron chi connectivity index (χ4n) is 6.10. The lowest BCUT2D eigenvalue weighted by atomic mass is 9.80. The van der Waals surface area contributed by atoms with Gasteiger partial charge in [-0.15, -0.1) is 0 Å². The van der Waals surface area contributed by atoms with E-state index in [0.717, 1.165) is 25.9 Å². The molecule has 0 unspecified atom stereocenters. The molecule has 0 bridgehead atoms. The summed E-state index contributed by atoms with van der Waals surface area (Å²) < 4.78 is 11.4. The molecule has 11 heteroatoms. The smallest absolute Gasteiger partial charge is 0.410 e. The molecule has 2 amide bonds. The number of hydrogen-bond donors (Lipinski definition) is 2. The first kappa shape index (κ1) is 36.4. The third kappa shape index (κ3) is 10.8. The van der Waals surface area contributed by atoms with Gasteiger partial charge >= 0.3 is 12.2 Å². The molecule has 3 rings (SSSR count). The third-order valence-corrected chi connectivity index (χ3v) is 9.20. The van der Waals surface area contributed by atoms with Crippen molar-refractivity contribution in [1.29, 1.82) is 0 Å². The molecule has 0 saturated carbocycles. The molecule has 3 aliphatic rings. The summed E-state index contributed by atoms with van der Waals surface area (Å²) >= 11 is 0. The molecule has 2 fully saturated rings. The first-order valence-electron chi connectivity index (χ1n) is 16.4. The molecule has 0 radical (unpaired) electrons. The number of aliphatic hydroxyl groups is 2. The van der Waals surface area contributed by atoms with Crippen molar-refractivity contribution in [3.63, 3.8) is 0 Å². The van der Waals surface area contributed by atoms with Gasteiger partial charge < -0.3 is 34.4 Å². The highest BCUT2D eigenvalue weighted by molar-refractivity contribution is 6.38. The van der Waals surface area contributed by atoms with Crippen molar-refractivity contribution in [2.45, 2.75) is 78.0 Å². The standard InChI is InChI=1S/C34H53N3O8/c1-23(22-44-34(43)37-15-7-10-27(37)21-38)8-6-9-25(3)31-26(4)12-14-30(45-33(42)36-18-16-35(5)17-19-36)24(2)11-13-28(39)20-29(40)32(31)41/h6,8-9,12,14,23-24,26-28,30-31,38-39H,7,10-11,13,15-22H2,1-5H3/b8-6+,14-12+,25-9+/t23-,24-,26+,27-,28+,30+,31-/m1/s1. The number of likely N-dealkylation sites (tertiary alicyclic amines) is 1. The van der Waals surface area contributed by atoms with Gasteiger partial charge in [0.05, 0.1) is 31.3 Å². The molecule has 0 aromatic heterocycles. The minimum Gasteiger partial charge on any atom is -0.449 e. The summed E-state index contributed by atoms with van der Waals surface area (Å²) in [6.45, 7) is 10.9. The summed E-state index contributed by atoms with van der Waals surface area (Å²) in [7, 11) is 2.02. The van der Waals surface area contributed by atoms with Gasteiger partial charge in [-0.2, -0.15) is 0 Å². The number of amides is 2. The third-order valence-electron chi connectivity index (χ3n) is 9.20. The van der Waals surface area contributed by atoms with Crippen LogP contribution in [0.15, 0.2) is 36.0 Å². The number of rotatable bonds is 7. The van der Waals surface area contributed by atoms with Crippen molar-refractivity contribution >= 4 is 23.8 Å². The lowest BCUT2D eigenvalue weighted by Crippen LogP contribution is -2.48. The number of piperazine rings is 1. The molecule has 0 aromatic rings. The predicted molar refractivity (Wildman–Crippen MR) is 170 cm³/mol. The molecule has 7 atom stereocenters. The number of Topliss-reactive ketones (excluding diaryl/α,β-unsaturated/α-hetero) is 2. The number of likely N-dealkylation sites (N-methyl/N-ethyl adjacent to an activating group) is 1. The predicted octanol–water partition coefficient (Wildman–Crippen LogP) is 3.60. The molecule has 11 nitrogen and oxygen atoms in total. The Hall–Kier alpha value is -3.02. The van der Waals surface area contributed by atoms with Crippen LogP contribution in [0.1, 0.15) is 59.8 Å².